The SMILES string of the molecule is CN(C)CCOc1ccccc1COC(=O)ON1CCN(CCC(=O)c2ccc3[nH]c(=O)oc3c2)CC1. The molecule has 2 aromatic carbocycles. The first-order valence-electron chi connectivity index (χ1n) is 12.2. The van der Waals surface area contributed by atoms with Crippen LogP contribution in [0.2, 0.25) is 0 Å². The number of benzene rings is 2. The van der Waals surface area contributed by atoms with Crippen LogP contribution < -0.4 is 10.5 Å². The van der Waals surface area contributed by atoms with Gasteiger partial charge in [-0.3, -0.25) is 9.78 Å². The van der Waals surface area contributed by atoms with Crippen molar-refractivity contribution < 1.29 is 28.3 Å². The zero-order valence-corrected chi connectivity index (χ0v) is 21.1. The number of para-hydroxylation sites is 1. The molecule has 0 atom stereocenters. The predicted molar refractivity (Wildman–Crippen MR) is 136 cm³/mol. The molecule has 1 aromatic heterocycles. The van der Waals surface area contributed by atoms with Crippen LogP contribution in [0.25, 0.3) is 11.1 Å². The number of H-pyrrole nitrogens is 1. The number of Topliss-reactive ketones (excluding diaryl/α,β-unsaturated/α-hetero) is 1. The molecule has 1 aliphatic heterocycles. The molecule has 0 unspecified atom stereocenters. The number of hydrogen-bond acceptors (Lipinski definition) is 10. The van der Waals surface area contributed by atoms with Crippen LogP contribution in [0.5, 0.6) is 5.75 Å². The fourth-order valence-corrected chi connectivity index (χ4v) is 3.94. The second kappa shape index (κ2) is 12.5. The molecule has 198 valence electrons. The van der Waals surface area contributed by atoms with Crippen molar-refractivity contribution in [3.8, 4) is 5.75 Å². The summed E-state index contributed by atoms with van der Waals surface area (Å²) in [6.45, 7) is 4.25. The molecular formula is C26H32N4O7. The molecule has 0 aliphatic carbocycles. The van der Waals surface area contributed by atoms with Crippen molar-refractivity contribution in [3.05, 3.63) is 64.1 Å². The second-order valence-corrected chi connectivity index (χ2v) is 9.06. The zero-order chi connectivity index (χ0) is 26.2. The monoisotopic (exact) mass is 512 g/mol. The fraction of sp³-hybridized carbons (Fsp3) is 0.423. The van der Waals surface area contributed by atoms with E-state index >= 15 is 0 Å². The Bertz CT molecular complexity index is 1260. The topological polar surface area (TPSA) is 118 Å². The van der Waals surface area contributed by atoms with Crippen LogP contribution in [0.1, 0.15) is 22.3 Å². The third-order valence-electron chi connectivity index (χ3n) is 6.05. The van der Waals surface area contributed by atoms with Crippen molar-refractivity contribution in [3.63, 3.8) is 0 Å². The number of nitrogens with zero attached hydrogens (tertiary/aromatic N) is 3. The number of carbonyl (C=O) groups excluding carboxylic acids is 2. The number of ether oxygens (including phenoxy) is 2. The average molecular weight is 513 g/mol. The maximum absolute atomic E-state index is 12.6. The first-order chi connectivity index (χ1) is 17.9. The van der Waals surface area contributed by atoms with E-state index in [1.807, 2.05) is 43.3 Å². The third-order valence-corrected chi connectivity index (χ3v) is 6.05. The van der Waals surface area contributed by atoms with E-state index in [0.29, 0.717) is 68.2 Å². The summed E-state index contributed by atoms with van der Waals surface area (Å²) in [5, 5.41) is 1.57. The summed E-state index contributed by atoms with van der Waals surface area (Å²) in [5.41, 5.74) is 2.21. The molecule has 11 nitrogen and oxygen atoms in total. The van der Waals surface area contributed by atoms with Gasteiger partial charge in [0.15, 0.2) is 11.4 Å². The van der Waals surface area contributed by atoms with Crippen molar-refractivity contribution in [2.75, 3.05) is 60.0 Å². The van der Waals surface area contributed by atoms with E-state index < -0.39 is 11.9 Å². The Morgan fingerprint density at radius 3 is 2.65 bits per heavy atom. The van der Waals surface area contributed by atoms with E-state index in [4.69, 9.17) is 18.7 Å². The Morgan fingerprint density at radius 2 is 1.86 bits per heavy atom. The number of fused-ring (bicyclic) bond motifs is 1. The van der Waals surface area contributed by atoms with E-state index in [2.05, 4.69) is 9.88 Å². The van der Waals surface area contributed by atoms with Gasteiger partial charge in [-0.15, -0.1) is 5.06 Å². The highest BCUT2D eigenvalue weighted by atomic mass is 16.8. The van der Waals surface area contributed by atoms with E-state index in [9.17, 15) is 14.4 Å². The highest BCUT2D eigenvalue weighted by Gasteiger charge is 2.22. The minimum Gasteiger partial charge on any atom is -0.492 e. The van der Waals surface area contributed by atoms with Gasteiger partial charge in [0.25, 0.3) is 0 Å². The summed E-state index contributed by atoms with van der Waals surface area (Å²) >= 11 is 0. The molecule has 4 rings (SSSR count). The number of piperazine rings is 1. The number of hydrogen-bond donors (Lipinski definition) is 1. The Morgan fingerprint density at radius 1 is 1.08 bits per heavy atom. The standard InChI is InChI=1S/C26H32N4O7/c1-28(2)15-16-34-23-6-4-3-5-20(23)18-35-26(33)37-30-13-11-29(12-14-30)10-9-22(31)19-7-8-21-24(17-19)36-25(32)27-21/h3-8,17H,9-16,18H2,1-2H3,(H,27,32). The van der Waals surface area contributed by atoms with Gasteiger partial charge in [-0.05, 0) is 38.4 Å². The number of aromatic amines is 1. The quantitative estimate of drug-likeness (QED) is 0.303. The van der Waals surface area contributed by atoms with Crippen LogP contribution in [-0.2, 0) is 16.2 Å². The Labute approximate surface area is 214 Å². The van der Waals surface area contributed by atoms with E-state index in [1.165, 1.54) is 0 Å². The highest BCUT2D eigenvalue weighted by Crippen LogP contribution is 2.19. The van der Waals surface area contributed by atoms with E-state index in [0.717, 1.165) is 12.1 Å². The van der Waals surface area contributed by atoms with Crippen molar-refractivity contribution in [1.29, 1.82) is 0 Å². The summed E-state index contributed by atoms with van der Waals surface area (Å²) in [6, 6.07) is 12.4. The number of carbonyl (C=O) groups is 2. The summed E-state index contributed by atoms with van der Waals surface area (Å²) in [7, 11) is 3.95. The summed E-state index contributed by atoms with van der Waals surface area (Å²) in [6.07, 6.45) is -0.433. The molecule has 0 amide bonds. The van der Waals surface area contributed by atoms with Crippen LogP contribution >= 0.6 is 0 Å². The zero-order valence-electron chi connectivity index (χ0n) is 21.1. The summed E-state index contributed by atoms with van der Waals surface area (Å²) < 4.78 is 16.1. The van der Waals surface area contributed by atoms with Gasteiger partial charge in [-0.1, -0.05) is 18.2 Å². The molecule has 1 saturated heterocycles. The second-order valence-electron chi connectivity index (χ2n) is 9.06. The lowest BCUT2D eigenvalue weighted by Crippen LogP contribution is -2.47. The number of nitrogens with one attached hydrogen (secondary N) is 1. The summed E-state index contributed by atoms with van der Waals surface area (Å²) in [4.78, 5) is 48.2. The number of rotatable bonds is 11. The number of aromatic nitrogens is 1. The van der Waals surface area contributed by atoms with Gasteiger partial charge < -0.3 is 28.5 Å². The van der Waals surface area contributed by atoms with Gasteiger partial charge in [0.05, 0.1) is 5.52 Å². The largest absolute Gasteiger partial charge is 0.528 e. The van der Waals surface area contributed by atoms with Gasteiger partial charge in [-0.25, -0.2) is 9.59 Å². The lowest BCUT2D eigenvalue weighted by Gasteiger charge is -2.32. The molecule has 0 bridgehead atoms. The van der Waals surface area contributed by atoms with Crippen molar-refractivity contribution >= 4 is 23.0 Å². The first kappa shape index (κ1) is 26.4. The minimum absolute atomic E-state index is 0.0287. The fourth-order valence-electron chi connectivity index (χ4n) is 3.94. The van der Waals surface area contributed by atoms with Gasteiger partial charge in [0, 0.05) is 56.8 Å². The van der Waals surface area contributed by atoms with Gasteiger partial charge in [0.1, 0.15) is 19.0 Å². The molecule has 2 heterocycles. The Hall–Kier alpha value is -3.67. The van der Waals surface area contributed by atoms with Gasteiger partial charge in [0.2, 0.25) is 0 Å². The van der Waals surface area contributed by atoms with Crippen LogP contribution in [0, 0.1) is 0 Å². The van der Waals surface area contributed by atoms with Crippen LogP contribution in [-0.4, -0.2) is 91.8 Å². The van der Waals surface area contributed by atoms with Crippen molar-refractivity contribution in [1.82, 2.24) is 19.8 Å². The molecule has 1 fully saturated rings. The van der Waals surface area contributed by atoms with Crippen LogP contribution in [0.4, 0.5) is 4.79 Å². The van der Waals surface area contributed by atoms with Crippen molar-refractivity contribution in [2.45, 2.75) is 13.0 Å². The molecule has 37 heavy (non-hydrogen) atoms. The Kier molecular flexibility index (Phi) is 8.94. The molecule has 0 spiro atoms. The average Bonchev–Trinajstić information content (AvgIpc) is 3.26. The maximum atomic E-state index is 12.6. The number of ketones is 1. The molecule has 0 radical (unpaired) electrons. The number of likely N-dealkylation sites (N-methyl/N-ethyl adjacent to an activating group) is 1. The number of oxazole rings is 1. The van der Waals surface area contributed by atoms with E-state index in [-0.39, 0.29) is 12.4 Å². The van der Waals surface area contributed by atoms with Crippen LogP contribution in [0.15, 0.2) is 51.7 Å². The lowest BCUT2D eigenvalue weighted by atomic mass is 10.1. The molecule has 1 aliphatic rings. The number of hydroxylamine groups is 2. The van der Waals surface area contributed by atoms with E-state index in [1.54, 1.807) is 23.3 Å². The van der Waals surface area contributed by atoms with Gasteiger partial charge in [-0.2, -0.15) is 0 Å². The normalized spacial score (nSPS) is 14.7. The molecule has 1 N–H and O–H groups in total. The van der Waals surface area contributed by atoms with Gasteiger partial charge >= 0.3 is 11.9 Å². The molecule has 0 saturated carbocycles. The molecule has 11 heteroatoms. The summed E-state index contributed by atoms with van der Waals surface area (Å²) in [5.74, 6) is 0.106. The lowest BCUT2D eigenvalue weighted by molar-refractivity contribution is -0.147. The predicted octanol–water partition coefficient (Wildman–Crippen LogP) is 2.52. The maximum Gasteiger partial charge on any atom is 0.528 e. The smallest absolute Gasteiger partial charge is 0.492 e. The Balaban J connectivity index is 1.16. The first-order valence-corrected chi connectivity index (χ1v) is 12.2. The highest BCUT2D eigenvalue weighted by molar-refractivity contribution is 5.98. The van der Waals surface area contributed by atoms with Crippen molar-refractivity contribution in [2.24, 2.45) is 0 Å². The van der Waals surface area contributed by atoms with Crippen LogP contribution in [0.3, 0.4) is 0 Å². The third kappa shape index (κ3) is 7.66. The molecule has 3 aromatic rings. The minimum atomic E-state index is -0.765. The molecular weight excluding hydrogens is 480 g/mol.